The van der Waals surface area contributed by atoms with E-state index in [1.807, 2.05) is 6.08 Å². The van der Waals surface area contributed by atoms with Crippen molar-refractivity contribution < 1.29 is 0 Å². The molecule has 3 heteroatoms. The van der Waals surface area contributed by atoms with Crippen LogP contribution in [-0.2, 0) is 0 Å². The lowest BCUT2D eigenvalue weighted by molar-refractivity contribution is 0.330. The Morgan fingerprint density at radius 2 is 2.00 bits per heavy atom. The minimum atomic E-state index is 0.159. The lowest BCUT2D eigenvalue weighted by Crippen LogP contribution is -2.41. The van der Waals surface area contributed by atoms with Gasteiger partial charge in [0, 0.05) is 17.4 Å². The third-order valence-electron chi connectivity index (χ3n) is 2.22. The molecule has 1 radical (unpaired) electrons. The Morgan fingerprint density at radius 3 is 2.62 bits per heavy atom. The Kier molecular flexibility index (Phi) is 1.75. The molecule has 0 aromatic rings. The van der Waals surface area contributed by atoms with Gasteiger partial charge in [-0.05, 0) is 39.1 Å². The maximum atomic E-state index is 2.22. The zero-order chi connectivity index (χ0) is 9.47. The molecular formula is C10H14BN2. The van der Waals surface area contributed by atoms with Crippen LogP contribution in [0.2, 0.25) is 0 Å². The fourth-order valence-corrected chi connectivity index (χ4v) is 1.36. The molecule has 0 amide bonds. The molecule has 0 aromatic carbocycles. The highest BCUT2D eigenvalue weighted by Crippen LogP contribution is 2.24. The van der Waals surface area contributed by atoms with Gasteiger partial charge in [-0.2, -0.15) is 0 Å². The molecule has 0 N–H and O–H groups in total. The standard InChI is InChI=1S/C10H14BN2/c1-10(2,3)13-8-9-6-4-5-7-12(9)11-13/h4-8H,1-3H3. The molecule has 2 rings (SSSR count). The van der Waals surface area contributed by atoms with Crippen LogP contribution in [-0.4, -0.2) is 22.7 Å². The van der Waals surface area contributed by atoms with Crippen molar-refractivity contribution in [1.82, 2.24) is 9.62 Å². The van der Waals surface area contributed by atoms with Gasteiger partial charge in [-0.15, -0.1) is 0 Å². The van der Waals surface area contributed by atoms with Crippen LogP contribution < -0.4 is 0 Å². The molecular weight excluding hydrogens is 159 g/mol. The third-order valence-corrected chi connectivity index (χ3v) is 2.22. The van der Waals surface area contributed by atoms with Gasteiger partial charge in [0.05, 0.1) is 0 Å². The van der Waals surface area contributed by atoms with E-state index in [1.165, 1.54) is 5.70 Å². The summed E-state index contributed by atoms with van der Waals surface area (Å²) in [6, 6.07) is 0. The summed E-state index contributed by atoms with van der Waals surface area (Å²) in [6.07, 6.45) is 10.4. The van der Waals surface area contributed by atoms with Crippen molar-refractivity contribution >= 4 is 7.55 Å². The largest absolute Gasteiger partial charge is 0.398 e. The van der Waals surface area contributed by atoms with Crippen molar-refractivity contribution in [3.8, 4) is 0 Å². The maximum Gasteiger partial charge on any atom is 0.395 e. The number of hydrogen-bond donors (Lipinski definition) is 0. The van der Waals surface area contributed by atoms with E-state index in [1.54, 1.807) is 0 Å². The quantitative estimate of drug-likeness (QED) is 0.516. The number of nitrogens with zero attached hydrogens (tertiary/aromatic N) is 2. The fourth-order valence-electron chi connectivity index (χ4n) is 1.36. The molecule has 0 saturated carbocycles. The van der Waals surface area contributed by atoms with Crippen LogP contribution in [0.4, 0.5) is 0 Å². The summed E-state index contributed by atoms with van der Waals surface area (Å²) >= 11 is 0. The zero-order valence-corrected chi connectivity index (χ0v) is 8.36. The molecule has 0 unspecified atom stereocenters. The zero-order valence-electron chi connectivity index (χ0n) is 8.36. The molecule has 0 fully saturated rings. The number of fused-ring (bicyclic) bond motifs is 1. The second kappa shape index (κ2) is 2.69. The molecule has 0 aliphatic carbocycles. The van der Waals surface area contributed by atoms with Crippen LogP contribution in [0.1, 0.15) is 20.8 Å². The second-order valence-electron chi connectivity index (χ2n) is 4.36. The molecule has 67 valence electrons. The number of allylic oxidation sites excluding steroid dienone is 3. The van der Waals surface area contributed by atoms with Gasteiger partial charge in [-0.3, -0.25) is 0 Å². The maximum absolute atomic E-state index is 2.22. The van der Waals surface area contributed by atoms with Gasteiger partial charge < -0.3 is 9.62 Å². The average Bonchev–Trinajstić information content (AvgIpc) is 2.45. The third kappa shape index (κ3) is 1.51. The lowest BCUT2D eigenvalue weighted by atomic mass is 9.96. The van der Waals surface area contributed by atoms with Gasteiger partial charge in [0.1, 0.15) is 0 Å². The first-order valence-corrected chi connectivity index (χ1v) is 4.56. The van der Waals surface area contributed by atoms with Gasteiger partial charge in [0.25, 0.3) is 0 Å². The van der Waals surface area contributed by atoms with Crippen LogP contribution in [0.5, 0.6) is 0 Å². The Hall–Kier alpha value is -1.12. The smallest absolute Gasteiger partial charge is 0.395 e. The first-order chi connectivity index (χ1) is 6.07. The van der Waals surface area contributed by atoms with E-state index in [0.29, 0.717) is 0 Å². The van der Waals surface area contributed by atoms with Gasteiger partial charge in [-0.25, -0.2) is 0 Å². The van der Waals surface area contributed by atoms with Crippen LogP contribution in [0, 0.1) is 0 Å². The molecule has 0 saturated heterocycles. The van der Waals surface area contributed by atoms with Crippen LogP contribution >= 0.6 is 0 Å². The molecule has 2 nitrogen and oxygen atoms in total. The molecule has 13 heavy (non-hydrogen) atoms. The first kappa shape index (κ1) is 8.48. The molecule has 2 aliphatic rings. The van der Waals surface area contributed by atoms with Crippen molar-refractivity contribution in [3.63, 3.8) is 0 Å². The Bertz CT molecular complexity index is 297. The summed E-state index contributed by atoms with van der Waals surface area (Å²) in [5.74, 6) is 0. The summed E-state index contributed by atoms with van der Waals surface area (Å²) in [4.78, 5) is 4.35. The minimum absolute atomic E-state index is 0.159. The van der Waals surface area contributed by atoms with Crippen molar-refractivity contribution in [2.75, 3.05) is 0 Å². The van der Waals surface area contributed by atoms with Crippen molar-refractivity contribution in [2.45, 2.75) is 26.3 Å². The molecule has 0 bridgehead atoms. The van der Waals surface area contributed by atoms with E-state index in [2.05, 4.69) is 62.5 Å². The first-order valence-electron chi connectivity index (χ1n) is 4.56. The highest BCUT2D eigenvalue weighted by molar-refractivity contribution is 6.32. The van der Waals surface area contributed by atoms with E-state index in [4.69, 9.17) is 0 Å². The Labute approximate surface area is 80.5 Å². The number of hydrogen-bond acceptors (Lipinski definition) is 2. The summed E-state index contributed by atoms with van der Waals surface area (Å²) in [6.45, 7) is 6.60. The van der Waals surface area contributed by atoms with E-state index >= 15 is 0 Å². The molecule has 0 aromatic heterocycles. The van der Waals surface area contributed by atoms with Gasteiger partial charge >= 0.3 is 7.55 Å². The van der Waals surface area contributed by atoms with E-state index in [0.717, 1.165) is 0 Å². The SMILES string of the molecule is CC(C)(C)N1[B]N2C=CC=CC2=C1. The van der Waals surface area contributed by atoms with E-state index < -0.39 is 0 Å². The summed E-state index contributed by atoms with van der Waals surface area (Å²) < 4.78 is 0. The van der Waals surface area contributed by atoms with Crippen molar-refractivity contribution in [1.29, 1.82) is 0 Å². The van der Waals surface area contributed by atoms with Gasteiger partial charge in [-0.1, -0.05) is 6.08 Å². The Balaban J connectivity index is 2.21. The van der Waals surface area contributed by atoms with Gasteiger partial charge in [0.15, 0.2) is 0 Å². The topological polar surface area (TPSA) is 6.48 Å². The second-order valence-corrected chi connectivity index (χ2v) is 4.36. The molecule has 0 spiro atoms. The van der Waals surface area contributed by atoms with E-state index in [-0.39, 0.29) is 5.54 Å². The highest BCUT2D eigenvalue weighted by atomic mass is 15.3. The molecule has 2 heterocycles. The summed E-state index contributed by atoms with van der Waals surface area (Å²) in [5, 5.41) is 0. The van der Waals surface area contributed by atoms with Crippen LogP contribution in [0.25, 0.3) is 0 Å². The molecule has 2 aliphatic heterocycles. The van der Waals surface area contributed by atoms with Crippen LogP contribution in [0.15, 0.2) is 36.3 Å². The lowest BCUT2D eigenvalue weighted by Gasteiger charge is -2.31. The van der Waals surface area contributed by atoms with Gasteiger partial charge in [0.2, 0.25) is 0 Å². The molecule has 0 atom stereocenters. The highest BCUT2D eigenvalue weighted by Gasteiger charge is 2.28. The van der Waals surface area contributed by atoms with Crippen molar-refractivity contribution in [3.05, 3.63) is 36.3 Å². The van der Waals surface area contributed by atoms with Crippen molar-refractivity contribution in [2.24, 2.45) is 0 Å². The fraction of sp³-hybridized carbons (Fsp3) is 0.400. The monoisotopic (exact) mass is 173 g/mol. The number of rotatable bonds is 0. The van der Waals surface area contributed by atoms with E-state index in [9.17, 15) is 0 Å². The average molecular weight is 173 g/mol. The summed E-state index contributed by atoms with van der Waals surface area (Å²) in [5.41, 5.74) is 1.39. The predicted octanol–water partition coefficient (Wildman–Crippen LogP) is 1.86. The predicted molar refractivity (Wildman–Crippen MR) is 55.5 cm³/mol. The summed E-state index contributed by atoms with van der Waals surface area (Å²) in [7, 11) is 2.12. The Morgan fingerprint density at radius 1 is 1.23 bits per heavy atom. The minimum Gasteiger partial charge on any atom is -0.398 e. The normalized spacial score (nSPS) is 20.1. The van der Waals surface area contributed by atoms with Crippen LogP contribution in [0.3, 0.4) is 0 Å².